The van der Waals surface area contributed by atoms with Gasteiger partial charge in [0.15, 0.2) is 0 Å². The third-order valence-electron chi connectivity index (χ3n) is 5.83. The molecule has 1 aliphatic carbocycles. The summed E-state index contributed by atoms with van der Waals surface area (Å²) in [7, 11) is 0. The number of rotatable bonds is 5. The van der Waals surface area contributed by atoms with E-state index in [1.165, 1.54) is 12.1 Å². The van der Waals surface area contributed by atoms with Crippen LogP contribution in [-0.4, -0.2) is 16.4 Å². The van der Waals surface area contributed by atoms with Crippen LogP contribution >= 0.6 is 0 Å². The largest absolute Gasteiger partial charge is 0.354 e. The molecule has 148 valence electrons. The first-order valence-corrected chi connectivity index (χ1v) is 10.2. The molecule has 3 aromatic rings. The third-order valence-corrected chi connectivity index (χ3v) is 5.83. The maximum atomic E-state index is 13.9. The number of aromatic amines is 1. The van der Waals surface area contributed by atoms with Gasteiger partial charge in [-0.3, -0.25) is 4.79 Å². The number of halogens is 1. The average molecular weight is 389 g/mol. The highest BCUT2D eigenvalue weighted by Gasteiger charge is 2.33. The molecule has 0 unspecified atom stereocenters. The van der Waals surface area contributed by atoms with Crippen molar-refractivity contribution >= 4 is 16.8 Å². The van der Waals surface area contributed by atoms with E-state index in [0.29, 0.717) is 19.3 Å². The number of hydrogen-bond donors (Lipinski definition) is 2. The number of carbonyl (C=O) groups excluding carboxylic acids is 1. The molecular formula is C24H24FN3O. The molecule has 1 heterocycles. The van der Waals surface area contributed by atoms with E-state index < -0.39 is 5.54 Å². The Hall–Kier alpha value is -3.13. The van der Waals surface area contributed by atoms with Gasteiger partial charge in [-0.1, -0.05) is 49.6 Å². The predicted octanol–water partition coefficient (Wildman–Crippen LogP) is 5.25. The Labute approximate surface area is 169 Å². The summed E-state index contributed by atoms with van der Waals surface area (Å²) in [6.07, 6.45) is 5.20. The number of H-pyrrole nitrogens is 1. The van der Waals surface area contributed by atoms with Crippen LogP contribution in [0.4, 0.5) is 4.39 Å². The fraction of sp³-hybridized carbons (Fsp3) is 0.333. The summed E-state index contributed by atoms with van der Waals surface area (Å²) in [6, 6.07) is 16.9. The summed E-state index contributed by atoms with van der Waals surface area (Å²) in [6.45, 7) is 0. The van der Waals surface area contributed by atoms with Gasteiger partial charge < -0.3 is 10.3 Å². The van der Waals surface area contributed by atoms with E-state index in [4.69, 9.17) is 0 Å². The van der Waals surface area contributed by atoms with Gasteiger partial charge in [-0.25, -0.2) is 4.39 Å². The summed E-state index contributed by atoms with van der Waals surface area (Å²) >= 11 is 0. The molecule has 0 spiro atoms. The second-order valence-corrected chi connectivity index (χ2v) is 7.84. The number of aromatic nitrogens is 1. The van der Waals surface area contributed by atoms with Crippen LogP contribution in [0.15, 0.2) is 48.5 Å². The Balaban J connectivity index is 1.59. The second-order valence-electron chi connectivity index (χ2n) is 7.84. The van der Waals surface area contributed by atoms with Gasteiger partial charge in [0, 0.05) is 23.0 Å². The molecule has 2 aromatic carbocycles. The van der Waals surface area contributed by atoms with Crippen LogP contribution in [0.1, 0.15) is 44.1 Å². The van der Waals surface area contributed by atoms with Crippen LogP contribution in [0.5, 0.6) is 0 Å². The van der Waals surface area contributed by atoms with E-state index in [1.54, 1.807) is 6.07 Å². The van der Waals surface area contributed by atoms with E-state index in [9.17, 15) is 14.4 Å². The number of nitrogens with zero attached hydrogens (tertiary/aromatic N) is 1. The molecule has 1 aromatic heterocycles. The Morgan fingerprint density at radius 1 is 1.14 bits per heavy atom. The molecule has 4 nitrogen and oxygen atoms in total. The minimum atomic E-state index is -0.732. The zero-order valence-corrected chi connectivity index (χ0v) is 16.3. The molecule has 1 amide bonds. The lowest BCUT2D eigenvalue weighted by atomic mass is 9.82. The van der Waals surface area contributed by atoms with E-state index >= 15 is 0 Å². The number of amides is 1. The van der Waals surface area contributed by atoms with Crippen LogP contribution in [0, 0.1) is 17.1 Å². The van der Waals surface area contributed by atoms with Crippen molar-refractivity contribution < 1.29 is 9.18 Å². The highest BCUT2D eigenvalue weighted by atomic mass is 19.1. The molecule has 1 fully saturated rings. The smallest absolute Gasteiger partial charge is 0.221 e. The van der Waals surface area contributed by atoms with Crippen molar-refractivity contribution in [1.82, 2.24) is 10.3 Å². The topological polar surface area (TPSA) is 68.7 Å². The molecule has 0 atom stereocenters. The van der Waals surface area contributed by atoms with Gasteiger partial charge >= 0.3 is 0 Å². The van der Waals surface area contributed by atoms with Gasteiger partial charge in [-0.2, -0.15) is 5.26 Å². The molecule has 1 saturated carbocycles. The molecule has 4 rings (SSSR count). The van der Waals surface area contributed by atoms with Crippen molar-refractivity contribution in [1.29, 1.82) is 5.26 Å². The molecule has 1 aliphatic rings. The minimum Gasteiger partial charge on any atom is -0.354 e. The van der Waals surface area contributed by atoms with E-state index in [0.717, 1.165) is 47.0 Å². The zero-order valence-electron chi connectivity index (χ0n) is 16.3. The Bertz CT molecular complexity index is 1060. The monoisotopic (exact) mass is 389 g/mol. The van der Waals surface area contributed by atoms with Crippen molar-refractivity contribution in [2.24, 2.45) is 0 Å². The Morgan fingerprint density at radius 3 is 2.62 bits per heavy atom. The van der Waals surface area contributed by atoms with E-state index in [1.807, 2.05) is 30.3 Å². The van der Waals surface area contributed by atoms with Crippen LogP contribution in [0.3, 0.4) is 0 Å². The molecule has 0 saturated heterocycles. The number of fused-ring (bicyclic) bond motifs is 1. The summed E-state index contributed by atoms with van der Waals surface area (Å²) in [5.74, 6) is -0.425. The van der Waals surface area contributed by atoms with Gasteiger partial charge in [0.1, 0.15) is 11.4 Å². The van der Waals surface area contributed by atoms with E-state index in [2.05, 4.69) is 16.4 Å². The second kappa shape index (κ2) is 8.08. The quantitative estimate of drug-likeness (QED) is 0.626. The molecule has 5 heteroatoms. The molecule has 29 heavy (non-hydrogen) atoms. The number of hydrogen-bond acceptors (Lipinski definition) is 2. The lowest BCUT2D eigenvalue weighted by Gasteiger charge is -2.31. The van der Waals surface area contributed by atoms with Gasteiger partial charge in [-0.05, 0) is 48.6 Å². The maximum absolute atomic E-state index is 13.9. The van der Waals surface area contributed by atoms with Crippen LogP contribution in [0.2, 0.25) is 0 Å². The van der Waals surface area contributed by atoms with Gasteiger partial charge in [-0.15, -0.1) is 0 Å². The summed E-state index contributed by atoms with van der Waals surface area (Å²) in [4.78, 5) is 16.1. The van der Waals surface area contributed by atoms with Crippen molar-refractivity contribution in [2.45, 2.75) is 50.5 Å². The van der Waals surface area contributed by atoms with Gasteiger partial charge in [0.2, 0.25) is 5.91 Å². The van der Waals surface area contributed by atoms with Crippen molar-refractivity contribution in [3.63, 3.8) is 0 Å². The highest BCUT2D eigenvalue weighted by Crippen LogP contribution is 2.32. The molecule has 0 radical (unpaired) electrons. The first-order valence-electron chi connectivity index (χ1n) is 10.2. The van der Waals surface area contributed by atoms with Gasteiger partial charge in [0.05, 0.1) is 6.07 Å². The number of benzene rings is 2. The summed E-state index contributed by atoms with van der Waals surface area (Å²) < 4.78 is 13.9. The minimum absolute atomic E-state index is 0.127. The Kier molecular flexibility index (Phi) is 5.35. The normalized spacial score (nSPS) is 15.7. The van der Waals surface area contributed by atoms with E-state index in [-0.39, 0.29) is 18.1 Å². The van der Waals surface area contributed by atoms with Crippen LogP contribution in [-0.2, 0) is 11.2 Å². The zero-order chi connectivity index (χ0) is 20.3. The molecule has 0 bridgehead atoms. The van der Waals surface area contributed by atoms with Crippen LogP contribution in [0.25, 0.3) is 22.2 Å². The lowest BCUT2D eigenvalue weighted by molar-refractivity contribution is -0.122. The standard InChI is InChI=1S/C24H24FN3O/c25-18-9-11-21-20(15-18)19(23(27-21)17-7-3-1-4-8-17)10-12-22(29)28-24(16-26)13-5-2-6-14-24/h1,3-4,7-9,11,15,27H,2,5-6,10,12-14H2,(H,28,29). The first kappa shape index (κ1) is 19.2. The number of nitriles is 1. The highest BCUT2D eigenvalue weighted by molar-refractivity contribution is 5.91. The number of nitrogens with one attached hydrogen (secondary N) is 2. The third kappa shape index (κ3) is 4.02. The number of carbonyl (C=O) groups is 1. The first-order chi connectivity index (χ1) is 14.1. The maximum Gasteiger partial charge on any atom is 0.221 e. The van der Waals surface area contributed by atoms with Crippen molar-refractivity contribution in [3.8, 4) is 17.3 Å². The van der Waals surface area contributed by atoms with Crippen LogP contribution < -0.4 is 5.32 Å². The van der Waals surface area contributed by atoms with Crippen molar-refractivity contribution in [2.75, 3.05) is 0 Å². The summed E-state index contributed by atoms with van der Waals surface area (Å²) in [5, 5.41) is 13.4. The lowest BCUT2D eigenvalue weighted by Crippen LogP contribution is -2.48. The summed E-state index contributed by atoms with van der Waals surface area (Å²) in [5.41, 5.74) is 2.95. The average Bonchev–Trinajstić information content (AvgIpc) is 3.11. The molecule has 2 N–H and O–H groups in total. The fourth-order valence-corrected chi connectivity index (χ4v) is 4.32. The van der Waals surface area contributed by atoms with Gasteiger partial charge in [0.25, 0.3) is 0 Å². The Morgan fingerprint density at radius 2 is 1.90 bits per heavy atom. The fourth-order valence-electron chi connectivity index (χ4n) is 4.32. The van der Waals surface area contributed by atoms with Crippen molar-refractivity contribution in [3.05, 3.63) is 59.9 Å². The molecular weight excluding hydrogens is 365 g/mol. The molecule has 0 aliphatic heterocycles. The SMILES string of the molecule is N#CC1(NC(=O)CCc2c(-c3ccccc3)[nH]c3ccc(F)cc23)CCCCC1. The predicted molar refractivity (Wildman–Crippen MR) is 112 cm³/mol. The number of aryl methyl sites for hydroxylation is 1.